The fraction of sp³-hybridized carbons (Fsp3) is 0.632. The van der Waals surface area contributed by atoms with Crippen LogP contribution in [0.5, 0.6) is 0 Å². The van der Waals surface area contributed by atoms with Crippen LogP contribution in [0.2, 0.25) is 0 Å². The van der Waals surface area contributed by atoms with Gasteiger partial charge in [0.15, 0.2) is 0 Å². The maximum atomic E-state index is 12.3. The van der Waals surface area contributed by atoms with Crippen molar-refractivity contribution in [1.29, 1.82) is 0 Å². The first-order valence-electron chi connectivity index (χ1n) is 8.29. The van der Waals surface area contributed by atoms with Crippen LogP contribution < -0.4 is 5.32 Å². The fourth-order valence-corrected chi connectivity index (χ4v) is 4.72. The first-order valence-corrected chi connectivity index (χ1v) is 8.29. The van der Waals surface area contributed by atoms with Gasteiger partial charge < -0.3 is 4.74 Å². The van der Waals surface area contributed by atoms with Gasteiger partial charge in [-0.05, 0) is 41.6 Å². The first kappa shape index (κ1) is 15.5. The normalized spacial score (nSPS) is 33.6. The lowest BCUT2D eigenvalue weighted by Gasteiger charge is -2.40. The average molecular weight is 301 g/mol. The molecule has 0 aliphatic heterocycles. The van der Waals surface area contributed by atoms with E-state index in [4.69, 9.17) is 4.74 Å². The van der Waals surface area contributed by atoms with E-state index in [0.717, 1.165) is 17.9 Å². The highest BCUT2D eigenvalue weighted by Gasteiger charge is 2.61. The summed E-state index contributed by atoms with van der Waals surface area (Å²) in [6.07, 6.45) is 3.71. The van der Waals surface area contributed by atoms with Gasteiger partial charge in [-0.25, -0.2) is 4.79 Å². The Morgan fingerprint density at radius 3 is 2.45 bits per heavy atom. The number of nitrogens with one attached hydrogen (secondary N) is 1. The number of ether oxygens (including phenoxy) is 1. The topological polar surface area (TPSA) is 38.3 Å². The molecule has 0 aromatic heterocycles. The number of hydrogen-bond donors (Lipinski definition) is 1. The smallest absolute Gasteiger partial charge is 0.327 e. The van der Waals surface area contributed by atoms with Crippen LogP contribution in [0.15, 0.2) is 30.3 Å². The molecule has 0 spiro atoms. The Bertz CT molecular complexity index is 554. The maximum Gasteiger partial charge on any atom is 0.327 e. The molecule has 1 aromatic carbocycles. The predicted molar refractivity (Wildman–Crippen MR) is 87.4 cm³/mol. The predicted octanol–water partition coefficient (Wildman–Crippen LogP) is 3.71. The number of esters is 1. The van der Waals surface area contributed by atoms with Crippen molar-refractivity contribution in [2.45, 2.75) is 52.1 Å². The molecule has 0 radical (unpaired) electrons. The minimum absolute atomic E-state index is 0.199. The number of carbonyl (C=O) groups excluding carboxylic acids is 1. The Kier molecular flexibility index (Phi) is 3.80. The third kappa shape index (κ3) is 2.18. The molecular formula is C19H27NO2. The molecule has 1 aromatic rings. The van der Waals surface area contributed by atoms with Crippen LogP contribution in [0.3, 0.4) is 0 Å². The van der Waals surface area contributed by atoms with Gasteiger partial charge in [0, 0.05) is 6.04 Å². The standard InChI is InChI=1S/C19H27NO2/c1-18(2)14-10-11-19(18,3)15(12-14)20-16(17(21)22-4)13-8-6-5-7-9-13/h5-9,14-16,20H,10-12H2,1-4H3. The molecule has 3 heteroatoms. The van der Waals surface area contributed by atoms with Crippen LogP contribution in [0, 0.1) is 16.7 Å². The van der Waals surface area contributed by atoms with E-state index in [1.54, 1.807) is 0 Å². The lowest BCUT2D eigenvalue weighted by atomic mass is 9.69. The van der Waals surface area contributed by atoms with Crippen LogP contribution in [-0.2, 0) is 9.53 Å². The fourth-order valence-electron chi connectivity index (χ4n) is 4.72. The van der Waals surface area contributed by atoms with Crippen LogP contribution in [0.25, 0.3) is 0 Å². The lowest BCUT2D eigenvalue weighted by molar-refractivity contribution is -0.143. The summed E-state index contributed by atoms with van der Waals surface area (Å²) in [6.45, 7) is 7.17. The first-order chi connectivity index (χ1) is 10.4. The van der Waals surface area contributed by atoms with E-state index in [-0.39, 0.29) is 17.4 Å². The summed E-state index contributed by atoms with van der Waals surface area (Å²) < 4.78 is 5.04. The molecule has 120 valence electrons. The van der Waals surface area contributed by atoms with Gasteiger partial charge in [-0.1, -0.05) is 51.1 Å². The minimum atomic E-state index is -0.372. The number of methoxy groups -OCH3 is 1. The average Bonchev–Trinajstić information content (AvgIpc) is 2.85. The summed E-state index contributed by atoms with van der Waals surface area (Å²) in [5.41, 5.74) is 1.57. The highest BCUT2D eigenvalue weighted by atomic mass is 16.5. The van der Waals surface area contributed by atoms with Crippen LogP contribution in [-0.4, -0.2) is 19.1 Å². The zero-order valence-electron chi connectivity index (χ0n) is 14.1. The van der Waals surface area contributed by atoms with E-state index in [9.17, 15) is 4.79 Å². The van der Waals surface area contributed by atoms with Gasteiger partial charge in [0.2, 0.25) is 0 Å². The van der Waals surface area contributed by atoms with Gasteiger partial charge in [0.05, 0.1) is 7.11 Å². The van der Waals surface area contributed by atoms with E-state index < -0.39 is 0 Å². The van der Waals surface area contributed by atoms with Gasteiger partial charge in [-0.2, -0.15) is 0 Å². The summed E-state index contributed by atoms with van der Waals surface area (Å²) in [5, 5.41) is 3.64. The molecule has 2 aliphatic carbocycles. The van der Waals surface area contributed by atoms with E-state index in [1.165, 1.54) is 20.0 Å². The van der Waals surface area contributed by atoms with Crippen molar-refractivity contribution >= 4 is 5.97 Å². The molecule has 3 nitrogen and oxygen atoms in total. The van der Waals surface area contributed by atoms with Crippen molar-refractivity contribution in [1.82, 2.24) is 5.32 Å². The molecule has 2 aliphatic rings. The Balaban J connectivity index is 1.85. The zero-order chi connectivity index (χ0) is 16.0. The second kappa shape index (κ2) is 5.38. The lowest BCUT2D eigenvalue weighted by Crippen LogP contribution is -2.47. The van der Waals surface area contributed by atoms with Gasteiger partial charge in [0.25, 0.3) is 0 Å². The van der Waals surface area contributed by atoms with Crippen molar-refractivity contribution < 1.29 is 9.53 Å². The Hall–Kier alpha value is -1.35. The SMILES string of the molecule is COC(=O)C(NC1CC2CCC1(C)C2(C)C)c1ccccc1. The summed E-state index contributed by atoms with van der Waals surface area (Å²) in [5.74, 6) is 0.555. The monoisotopic (exact) mass is 301 g/mol. The Morgan fingerprint density at radius 2 is 1.95 bits per heavy atom. The molecule has 4 atom stereocenters. The second-order valence-corrected chi connectivity index (χ2v) is 7.70. The van der Waals surface area contributed by atoms with Crippen molar-refractivity contribution in [3.8, 4) is 0 Å². The van der Waals surface area contributed by atoms with E-state index >= 15 is 0 Å². The summed E-state index contributed by atoms with van der Waals surface area (Å²) >= 11 is 0. The number of carbonyl (C=O) groups is 1. The molecule has 0 amide bonds. The summed E-state index contributed by atoms with van der Waals surface area (Å²) in [6, 6.07) is 9.90. The summed E-state index contributed by atoms with van der Waals surface area (Å²) in [4.78, 5) is 12.3. The molecule has 2 saturated carbocycles. The van der Waals surface area contributed by atoms with E-state index in [0.29, 0.717) is 11.5 Å². The number of rotatable bonds is 4. The number of fused-ring (bicyclic) bond motifs is 2. The van der Waals surface area contributed by atoms with E-state index in [2.05, 4.69) is 26.1 Å². The largest absolute Gasteiger partial charge is 0.468 e. The zero-order valence-corrected chi connectivity index (χ0v) is 14.1. The van der Waals surface area contributed by atoms with Crippen molar-refractivity contribution in [3.05, 3.63) is 35.9 Å². The highest BCUT2D eigenvalue weighted by molar-refractivity contribution is 5.77. The molecule has 2 bridgehead atoms. The molecule has 22 heavy (non-hydrogen) atoms. The van der Waals surface area contributed by atoms with Crippen molar-refractivity contribution in [2.24, 2.45) is 16.7 Å². The van der Waals surface area contributed by atoms with E-state index in [1.807, 2.05) is 30.3 Å². The van der Waals surface area contributed by atoms with Crippen LogP contribution in [0.4, 0.5) is 0 Å². The van der Waals surface area contributed by atoms with Crippen molar-refractivity contribution in [2.75, 3.05) is 7.11 Å². The minimum Gasteiger partial charge on any atom is -0.468 e. The van der Waals surface area contributed by atoms with Crippen molar-refractivity contribution in [3.63, 3.8) is 0 Å². The van der Waals surface area contributed by atoms with Gasteiger partial charge in [-0.15, -0.1) is 0 Å². The molecule has 0 heterocycles. The number of hydrogen-bond acceptors (Lipinski definition) is 3. The molecule has 2 fully saturated rings. The quantitative estimate of drug-likeness (QED) is 0.862. The second-order valence-electron chi connectivity index (χ2n) is 7.70. The van der Waals surface area contributed by atoms with Crippen LogP contribution >= 0.6 is 0 Å². The highest BCUT2D eigenvalue weighted by Crippen LogP contribution is 2.65. The van der Waals surface area contributed by atoms with Gasteiger partial charge >= 0.3 is 5.97 Å². The Morgan fingerprint density at radius 1 is 1.27 bits per heavy atom. The third-order valence-electron chi connectivity index (χ3n) is 6.73. The van der Waals surface area contributed by atoms with Gasteiger partial charge in [0.1, 0.15) is 6.04 Å². The maximum absolute atomic E-state index is 12.3. The Labute approximate surface area is 133 Å². The van der Waals surface area contributed by atoms with Gasteiger partial charge in [-0.3, -0.25) is 5.32 Å². The molecule has 3 rings (SSSR count). The molecular weight excluding hydrogens is 274 g/mol. The van der Waals surface area contributed by atoms with Crippen LogP contribution in [0.1, 0.15) is 51.6 Å². The molecule has 0 saturated heterocycles. The molecule has 1 N–H and O–H groups in total. The number of benzene rings is 1. The third-order valence-corrected chi connectivity index (χ3v) is 6.73. The summed E-state index contributed by atoms with van der Waals surface area (Å²) in [7, 11) is 1.46. The molecule has 4 unspecified atom stereocenters.